The van der Waals surface area contributed by atoms with Gasteiger partial charge in [0.25, 0.3) is 0 Å². The Hall–Kier alpha value is -0.970. The second-order valence-electron chi connectivity index (χ2n) is 3.81. The fraction of sp³-hybridized carbons (Fsp3) is 0.545. The molecule has 1 aromatic heterocycles. The predicted octanol–water partition coefficient (Wildman–Crippen LogP) is 0.0339. The van der Waals surface area contributed by atoms with E-state index >= 15 is 0 Å². The van der Waals surface area contributed by atoms with Gasteiger partial charge in [-0.25, -0.2) is 0 Å². The number of hydrogen-bond acceptors (Lipinski definition) is 4. The van der Waals surface area contributed by atoms with Crippen LogP contribution in [0.5, 0.6) is 0 Å². The summed E-state index contributed by atoms with van der Waals surface area (Å²) in [4.78, 5) is 6.43. The van der Waals surface area contributed by atoms with Crippen LogP contribution in [0.2, 0.25) is 0 Å². The molecule has 82 valence electrons. The number of piperazine rings is 1. The number of pyridine rings is 1. The van der Waals surface area contributed by atoms with Crippen molar-refractivity contribution in [2.24, 2.45) is 0 Å². The molecule has 2 rings (SSSR count). The zero-order valence-corrected chi connectivity index (χ0v) is 8.95. The lowest BCUT2D eigenvalue weighted by Crippen LogP contribution is -2.46. The molecule has 0 unspecified atom stereocenters. The Kier molecular flexibility index (Phi) is 4.08. The Morgan fingerprint density at radius 1 is 1.27 bits per heavy atom. The van der Waals surface area contributed by atoms with Crippen LogP contribution in [0.1, 0.15) is 5.56 Å². The van der Waals surface area contributed by atoms with E-state index < -0.39 is 0 Å². The van der Waals surface area contributed by atoms with Crippen LogP contribution in [-0.2, 0) is 6.54 Å². The van der Waals surface area contributed by atoms with Crippen molar-refractivity contribution >= 4 is 0 Å². The van der Waals surface area contributed by atoms with Gasteiger partial charge in [0.2, 0.25) is 0 Å². The molecule has 1 aliphatic rings. The number of aromatic nitrogens is 1. The molecule has 2 N–H and O–H groups in total. The van der Waals surface area contributed by atoms with Crippen LogP contribution in [0.3, 0.4) is 0 Å². The van der Waals surface area contributed by atoms with Gasteiger partial charge in [-0.2, -0.15) is 0 Å². The minimum atomic E-state index is 0.923. The average Bonchev–Trinajstić information content (AvgIpc) is 2.32. The highest BCUT2D eigenvalue weighted by Crippen LogP contribution is 1.95. The highest BCUT2D eigenvalue weighted by atomic mass is 15.2. The molecule has 0 bridgehead atoms. The molecule has 0 radical (unpaired) electrons. The van der Waals surface area contributed by atoms with Crippen molar-refractivity contribution in [3.05, 3.63) is 30.1 Å². The molecule has 0 spiro atoms. The summed E-state index contributed by atoms with van der Waals surface area (Å²) in [6, 6.07) is 4.09. The monoisotopic (exact) mass is 206 g/mol. The first-order valence-electron chi connectivity index (χ1n) is 5.48. The summed E-state index contributed by atoms with van der Waals surface area (Å²) in [7, 11) is 0. The van der Waals surface area contributed by atoms with E-state index in [0.29, 0.717) is 0 Å². The van der Waals surface area contributed by atoms with Crippen molar-refractivity contribution in [1.29, 1.82) is 0 Å². The molecule has 0 saturated carbocycles. The van der Waals surface area contributed by atoms with Crippen LogP contribution >= 0.6 is 0 Å². The van der Waals surface area contributed by atoms with E-state index in [1.807, 2.05) is 24.5 Å². The van der Waals surface area contributed by atoms with Crippen molar-refractivity contribution in [1.82, 2.24) is 20.5 Å². The van der Waals surface area contributed by atoms with Gasteiger partial charge in [0.1, 0.15) is 0 Å². The van der Waals surface area contributed by atoms with Crippen molar-refractivity contribution in [3.8, 4) is 0 Å². The van der Waals surface area contributed by atoms with Crippen LogP contribution in [0, 0.1) is 0 Å². The Morgan fingerprint density at radius 2 is 2.00 bits per heavy atom. The first-order chi connectivity index (χ1) is 7.45. The van der Waals surface area contributed by atoms with Gasteiger partial charge in [0.05, 0.1) is 0 Å². The number of rotatable bonds is 4. The Balaban J connectivity index is 1.66. The summed E-state index contributed by atoms with van der Waals surface area (Å²) >= 11 is 0. The zero-order valence-electron chi connectivity index (χ0n) is 8.95. The molecule has 1 aromatic rings. The SMILES string of the molecule is c1cc(CNCN2CCNCC2)ccn1. The van der Waals surface area contributed by atoms with Crippen LogP contribution in [0.15, 0.2) is 24.5 Å². The smallest absolute Gasteiger partial charge is 0.0484 e. The van der Waals surface area contributed by atoms with Crippen molar-refractivity contribution in [3.63, 3.8) is 0 Å². The van der Waals surface area contributed by atoms with Crippen molar-refractivity contribution < 1.29 is 0 Å². The molecular formula is C11H18N4. The van der Waals surface area contributed by atoms with E-state index in [9.17, 15) is 0 Å². The fourth-order valence-corrected chi connectivity index (χ4v) is 1.73. The quantitative estimate of drug-likeness (QED) is 0.729. The maximum Gasteiger partial charge on any atom is 0.0484 e. The number of nitrogens with one attached hydrogen (secondary N) is 2. The maximum absolute atomic E-state index is 4.00. The third-order valence-electron chi connectivity index (χ3n) is 2.62. The van der Waals surface area contributed by atoms with E-state index in [2.05, 4.69) is 20.5 Å². The van der Waals surface area contributed by atoms with E-state index in [0.717, 1.165) is 39.4 Å². The molecule has 4 heteroatoms. The van der Waals surface area contributed by atoms with Crippen LogP contribution in [0.4, 0.5) is 0 Å². The Bertz CT molecular complexity index is 269. The molecule has 2 heterocycles. The summed E-state index contributed by atoms with van der Waals surface area (Å²) in [5.74, 6) is 0. The second-order valence-corrected chi connectivity index (χ2v) is 3.81. The van der Waals surface area contributed by atoms with E-state index in [1.165, 1.54) is 5.56 Å². The summed E-state index contributed by atoms with van der Waals surface area (Å²) in [6.07, 6.45) is 3.67. The average molecular weight is 206 g/mol. The molecular weight excluding hydrogens is 188 g/mol. The highest BCUT2D eigenvalue weighted by Gasteiger charge is 2.07. The van der Waals surface area contributed by atoms with Gasteiger partial charge in [-0.1, -0.05) is 0 Å². The van der Waals surface area contributed by atoms with Crippen LogP contribution < -0.4 is 10.6 Å². The van der Waals surface area contributed by atoms with Gasteiger partial charge < -0.3 is 10.6 Å². The lowest BCUT2D eigenvalue weighted by molar-refractivity contribution is 0.223. The molecule has 0 amide bonds. The number of nitrogens with zero attached hydrogens (tertiary/aromatic N) is 2. The zero-order chi connectivity index (χ0) is 10.3. The van der Waals surface area contributed by atoms with Gasteiger partial charge >= 0.3 is 0 Å². The van der Waals surface area contributed by atoms with Crippen molar-refractivity contribution in [2.75, 3.05) is 32.8 Å². The molecule has 15 heavy (non-hydrogen) atoms. The topological polar surface area (TPSA) is 40.2 Å². The largest absolute Gasteiger partial charge is 0.314 e. The minimum Gasteiger partial charge on any atom is -0.314 e. The predicted molar refractivity (Wildman–Crippen MR) is 60.4 cm³/mol. The molecule has 4 nitrogen and oxygen atoms in total. The molecule has 0 atom stereocenters. The molecule has 0 aromatic carbocycles. The van der Waals surface area contributed by atoms with Gasteiger partial charge in [-0.05, 0) is 17.7 Å². The summed E-state index contributed by atoms with van der Waals surface area (Å²) < 4.78 is 0. The second kappa shape index (κ2) is 5.80. The van der Waals surface area contributed by atoms with E-state index in [-0.39, 0.29) is 0 Å². The standard InChI is InChI=1S/C11H18N4/c1-3-12-4-2-11(1)9-14-10-15-7-5-13-6-8-15/h1-4,13-14H,5-10H2. The lowest BCUT2D eigenvalue weighted by atomic mass is 10.3. The third-order valence-corrected chi connectivity index (χ3v) is 2.62. The highest BCUT2D eigenvalue weighted by molar-refractivity contribution is 5.08. The van der Waals surface area contributed by atoms with Gasteiger partial charge in [0.15, 0.2) is 0 Å². The maximum atomic E-state index is 4.00. The molecule has 0 aliphatic carbocycles. The molecule has 1 aliphatic heterocycles. The summed E-state index contributed by atoms with van der Waals surface area (Å²) in [6.45, 7) is 6.40. The fourth-order valence-electron chi connectivity index (χ4n) is 1.73. The summed E-state index contributed by atoms with van der Waals surface area (Å²) in [5.41, 5.74) is 1.29. The van der Waals surface area contributed by atoms with E-state index in [1.54, 1.807) is 0 Å². The normalized spacial score (nSPS) is 17.9. The molecule has 1 fully saturated rings. The van der Waals surface area contributed by atoms with Gasteiger partial charge in [0, 0.05) is 51.8 Å². The van der Waals surface area contributed by atoms with Crippen LogP contribution in [-0.4, -0.2) is 42.7 Å². The van der Waals surface area contributed by atoms with Gasteiger partial charge in [-0.3, -0.25) is 9.88 Å². The minimum absolute atomic E-state index is 0.923. The number of hydrogen-bond donors (Lipinski definition) is 2. The van der Waals surface area contributed by atoms with Crippen molar-refractivity contribution in [2.45, 2.75) is 6.54 Å². The lowest BCUT2D eigenvalue weighted by Gasteiger charge is -2.27. The third kappa shape index (κ3) is 3.58. The molecule has 1 saturated heterocycles. The summed E-state index contributed by atoms with van der Waals surface area (Å²) in [5, 5.41) is 6.79. The van der Waals surface area contributed by atoms with E-state index in [4.69, 9.17) is 0 Å². The first kappa shape index (κ1) is 10.5. The Morgan fingerprint density at radius 3 is 2.73 bits per heavy atom. The van der Waals surface area contributed by atoms with Crippen LogP contribution in [0.25, 0.3) is 0 Å². The Labute approximate surface area is 90.7 Å². The first-order valence-corrected chi connectivity index (χ1v) is 5.48. The van der Waals surface area contributed by atoms with Gasteiger partial charge in [-0.15, -0.1) is 0 Å².